The lowest BCUT2D eigenvalue weighted by molar-refractivity contribution is 0.737. The summed E-state index contributed by atoms with van der Waals surface area (Å²) >= 11 is 1.63. The minimum Gasteiger partial charge on any atom is -0.245 e. The molecule has 1 aromatic heterocycles. The fourth-order valence-electron chi connectivity index (χ4n) is 0.693. The van der Waals surface area contributed by atoms with Gasteiger partial charge in [-0.25, -0.2) is 4.98 Å². The van der Waals surface area contributed by atoms with E-state index < -0.39 is 0 Å². The molecule has 2 heteroatoms. The molecule has 0 fully saturated rings. The predicted molar refractivity (Wildman–Crippen MR) is 67.4 cm³/mol. The first kappa shape index (κ1) is 13.1. The summed E-state index contributed by atoms with van der Waals surface area (Å²) < 4.78 is 0. The van der Waals surface area contributed by atoms with Gasteiger partial charge in [-0.3, -0.25) is 0 Å². The van der Waals surface area contributed by atoms with E-state index in [1.807, 2.05) is 24.6 Å². The molecular formula is C12H19NS. The SMILES string of the molecule is C=Cc1ncsc1/C=C\C.CC(C)C. The smallest absolute Gasteiger partial charge is 0.0805 e. The molecule has 0 N–H and O–H groups in total. The Labute approximate surface area is 91.2 Å². The van der Waals surface area contributed by atoms with E-state index in [9.17, 15) is 0 Å². The minimum atomic E-state index is 0.833. The molecule has 1 heterocycles. The van der Waals surface area contributed by atoms with Crippen molar-refractivity contribution in [1.29, 1.82) is 0 Å². The molecule has 78 valence electrons. The number of aromatic nitrogens is 1. The van der Waals surface area contributed by atoms with Crippen LogP contribution < -0.4 is 0 Å². The number of hydrogen-bond acceptors (Lipinski definition) is 2. The van der Waals surface area contributed by atoms with Crippen molar-refractivity contribution in [2.24, 2.45) is 5.92 Å². The van der Waals surface area contributed by atoms with Gasteiger partial charge in [0.15, 0.2) is 0 Å². The summed E-state index contributed by atoms with van der Waals surface area (Å²) in [7, 11) is 0. The average molecular weight is 209 g/mol. The van der Waals surface area contributed by atoms with Gasteiger partial charge in [0, 0.05) is 0 Å². The summed E-state index contributed by atoms with van der Waals surface area (Å²) in [6.45, 7) is 12.1. The summed E-state index contributed by atoms with van der Waals surface area (Å²) in [5.74, 6) is 0.833. The molecule has 14 heavy (non-hydrogen) atoms. The van der Waals surface area contributed by atoms with Crippen LogP contribution in [0.5, 0.6) is 0 Å². The summed E-state index contributed by atoms with van der Waals surface area (Å²) in [6, 6.07) is 0. The summed E-state index contributed by atoms with van der Waals surface area (Å²) in [6.07, 6.45) is 5.81. The fraction of sp³-hybridized carbons (Fsp3) is 0.417. The van der Waals surface area contributed by atoms with Crippen LogP contribution in [0, 0.1) is 5.92 Å². The van der Waals surface area contributed by atoms with Crippen LogP contribution in [0.1, 0.15) is 38.3 Å². The van der Waals surface area contributed by atoms with E-state index in [-0.39, 0.29) is 0 Å². The third kappa shape index (κ3) is 5.70. The van der Waals surface area contributed by atoms with Gasteiger partial charge in [0.2, 0.25) is 0 Å². The summed E-state index contributed by atoms with van der Waals surface area (Å²) in [4.78, 5) is 5.28. The second-order valence-corrected chi connectivity index (χ2v) is 4.42. The highest BCUT2D eigenvalue weighted by Gasteiger charge is 1.95. The number of allylic oxidation sites excluding steroid dienone is 1. The Kier molecular flexibility index (Phi) is 7.03. The molecule has 0 aliphatic carbocycles. The van der Waals surface area contributed by atoms with Crippen molar-refractivity contribution in [3.63, 3.8) is 0 Å². The molecule has 0 radical (unpaired) electrons. The molecule has 1 rings (SSSR count). The first-order valence-electron chi connectivity index (χ1n) is 4.80. The number of nitrogens with zero attached hydrogens (tertiary/aromatic N) is 1. The number of thiazole rings is 1. The monoisotopic (exact) mass is 209 g/mol. The molecular weight excluding hydrogens is 190 g/mol. The van der Waals surface area contributed by atoms with Crippen LogP contribution in [0.3, 0.4) is 0 Å². The predicted octanol–water partition coefficient (Wildman–Crippen LogP) is 4.48. The second-order valence-electron chi connectivity index (χ2n) is 3.54. The van der Waals surface area contributed by atoms with Crippen molar-refractivity contribution in [2.45, 2.75) is 27.7 Å². The van der Waals surface area contributed by atoms with E-state index in [1.165, 1.54) is 4.88 Å². The van der Waals surface area contributed by atoms with Crippen LogP contribution >= 0.6 is 11.3 Å². The van der Waals surface area contributed by atoms with Gasteiger partial charge in [-0.1, -0.05) is 33.4 Å². The topological polar surface area (TPSA) is 12.9 Å². The van der Waals surface area contributed by atoms with Gasteiger partial charge in [0.05, 0.1) is 16.1 Å². The fourth-order valence-corrected chi connectivity index (χ4v) is 1.44. The van der Waals surface area contributed by atoms with Crippen molar-refractivity contribution < 1.29 is 0 Å². The maximum atomic E-state index is 4.10. The molecule has 1 aromatic rings. The normalized spacial score (nSPS) is 10.1. The van der Waals surface area contributed by atoms with Crippen LogP contribution in [-0.4, -0.2) is 4.98 Å². The third-order valence-electron chi connectivity index (χ3n) is 1.14. The zero-order chi connectivity index (χ0) is 11.0. The lowest BCUT2D eigenvalue weighted by atomic mass is 10.3. The van der Waals surface area contributed by atoms with Crippen LogP contribution in [0.15, 0.2) is 18.2 Å². The van der Waals surface area contributed by atoms with Gasteiger partial charge in [-0.2, -0.15) is 0 Å². The number of hydrogen-bond donors (Lipinski definition) is 0. The lowest BCUT2D eigenvalue weighted by Crippen LogP contribution is -1.70. The van der Waals surface area contributed by atoms with Crippen molar-refractivity contribution in [1.82, 2.24) is 4.98 Å². The van der Waals surface area contributed by atoms with E-state index in [4.69, 9.17) is 0 Å². The van der Waals surface area contributed by atoms with Crippen LogP contribution in [-0.2, 0) is 0 Å². The molecule has 1 nitrogen and oxygen atoms in total. The first-order chi connectivity index (χ1) is 6.61. The lowest BCUT2D eigenvalue weighted by Gasteiger charge is -1.84. The van der Waals surface area contributed by atoms with Crippen molar-refractivity contribution in [3.05, 3.63) is 28.7 Å². The van der Waals surface area contributed by atoms with Crippen LogP contribution in [0.4, 0.5) is 0 Å². The molecule has 0 amide bonds. The van der Waals surface area contributed by atoms with Crippen molar-refractivity contribution >= 4 is 23.5 Å². The molecule has 0 atom stereocenters. The molecule has 0 aromatic carbocycles. The molecule has 0 unspecified atom stereocenters. The van der Waals surface area contributed by atoms with Crippen molar-refractivity contribution in [3.8, 4) is 0 Å². The summed E-state index contributed by atoms with van der Waals surface area (Å²) in [5.41, 5.74) is 2.80. The quantitative estimate of drug-likeness (QED) is 0.699. The Bertz CT molecular complexity index is 282. The largest absolute Gasteiger partial charge is 0.245 e. The maximum Gasteiger partial charge on any atom is 0.0805 e. The van der Waals surface area contributed by atoms with E-state index in [0.29, 0.717) is 0 Å². The molecule has 0 spiro atoms. The van der Waals surface area contributed by atoms with Crippen LogP contribution in [0.25, 0.3) is 12.2 Å². The molecule has 0 saturated carbocycles. The Morgan fingerprint density at radius 1 is 1.43 bits per heavy atom. The maximum absolute atomic E-state index is 4.10. The van der Waals surface area contributed by atoms with Gasteiger partial charge < -0.3 is 0 Å². The standard InChI is InChI=1S/C8H9NS.C4H10/c1-3-5-8-7(4-2)9-6-10-8;1-4(2)3/h3-6H,2H2,1H3;4H,1-3H3/b5-3-;. The zero-order valence-corrected chi connectivity index (χ0v) is 10.3. The Morgan fingerprint density at radius 3 is 2.43 bits per heavy atom. The molecule has 0 bridgehead atoms. The average Bonchev–Trinajstić information content (AvgIpc) is 2.51. The molecule has 0 aliphatic rings. The van der Waals surface area contributed by atoms with E-state index in [0.717, 1.165) is 11.6 Å². The first-order valence-corrected chi connectivity index (χ1v) is 5.68. The highest BCUT2D eigenvalue weighted by molar-refractivity contribution is 7.10. The Hall–Kier alpha value is -0.890. The second kappa shape index (κ2) is 7.51. The van der Waals surface area contributed by atoms with Gasteiger partial charge in [-0.05, 0) is 25.0 Å². The highest BCUT2D eigenvalue weighted by atomic mass is 32.1. The van der Waals surface area contributed by atoms with Crippen molar-refractivity contribution in [2.75, 3.05) is 0 Å². The molecule has 0 aliphatic heterocycles. The molecule has 0 saturated heterocycles. The summed E-state index contributed by atoms with van der Waals surface area (Å²) in [5, 5.41) is 0. The van der Waals surface area contributed by atoms with Gasteiger partial charge in [-0.15, -0.1) is 11.3 Å². The number of rotatable bonds is 2. The van der Waals surface area contributed by atoms with Gasteiger partial charge >= 0.3 is 0 Å². The van der Waals surface area contributed by atoms with Crippen LogP contribution in [0.2, 0.25) is 0 Å². The van der Waals surface area contributed by atoms with E-state index >= 15 is 0 Å². The van der Waals surface area contributed by atoms with E-state index in [2.05, 4.69) is 32.3 Å². The zero-order valence-electron chi connectivity index (χ0n) is 9.45. The third-order valence-corrected chi connectivity index (χ3v) is 1.95. The van der Waals surface area contributed by atoms with E-state index in [1.54, 1.807) is 17.4 Å². The highest BCUT2D eigenvalue weighted by Crippen LogP contribution is 2.15. The Balaban J connectivity index is 0.000000364. The van der Waals surface area contributed by atoms with Gasteiger partial charge in [0.1, 0.15) is 0 Å². The van der Waals surface area contributed by atoms with Gasteiger partial charge in [0.25, 0.3) is 0 Å². The minimum absolute atomic E-state index is 0.833. The Morgan fingerprint density at radius 2 is 2.00 bits per heavy atom.